The van der Waals surface area contributed by atoms with E-state index < -0.39 is 91.5 Å². The highest BCUT2D eigenvalue weighted by Gasteiger charge is 2.29. The zero-order valence-electron chi connectivity index (χ0n) is 70.7. The number of ether oxygens (including phenoxy) is 3. The molecule has 0 aromatic rings. The number of unbranched alkanes of at least 4 members (excludes halogenated alkanes) is 29. The third kappa shape index (κ3) is 87.3. The molecule has 0 aromatic carbocycles. The van der Waals surface area contributed by atoms with Crippen LogP contribution >= 0.6 is 15.6 Å². The topological polar surface area (TPSA) is 231 Å². The Kier molecular flexibility index (Phi) is 81.9. The second-order valence-corrected chi connectivity index (χ2v) is 31.8. The molecular formula is C95H158O16P2. The molecule has 0 aliphatic heterocycles. The van der Waals surface area contributed by atoms with E-state index in [0.717, 1.165) is 205 Å². The molecule has 5 unspecified atom stereocenters. The van der Waals surface area contributed by atoms with Gasteiger partial charge in [0.2, 0.25) is 0 Å². The molecule has 0 amide bonds. The first-order valence-electron chi connectivity index (χ1n) is 44.1. The highest BCUT2D eigenvalue weighted by molar-refractivity contribution is 7.47. The van der Waals surface area contributed by atoms with Gasteiger partial charge in [-0.15, -0.1) is 0 Å². The van der Waals surface area contributed by atoms with Crippen LogP contribution in [-0.4, -0.2) is 95.9 Å². The number of allylic oxidation sites excluding steroid dienone is 30. The summed E-state index contributed by atoms with van der Waals surface area (Å²) in [7, 11) is -9.82. The van der Waals surface area contributed by atoms with Gasteiger partial charge in [-0.25, -0.2) is 9.13 Å². The molecule has 4 N–H and O–H groups in total. The third-order valence-electron chi connectivity index (χ3n) is 18.1. The van der Waals surface area contributed by atoms with Crippen molar-refractivity contribution in [3.05, 3.63) is 182 Å². The fourth-order valence-electron chi connectivity index (χ4n) is 11.5. The van der Waals surface area contributed by atoms with E-state index in [1.54, 1.807) is 0 Å². The van der Waals surface area contributed by atoms with Crippen LogP contribution in [0, 0.1) is 0 Å². The van der Waals surface area contributed by atoms with E-state index in [4.69, 9.17) is 32.3 Å². The van der Waals surface area contributed by atoms with Gasteiger partial charge in [0.1, 0.15) is 25.4 Å². The molecular weight excluding hydrogens is 1460 g/mol. The van der Waals surface area contributed by atoms with Crippen LogP contribution in [-0.2, 0) is 55.8 Å². The minimum Gasteiger partial charge on any atom is -0.463 e. The van der Waals surface area contributed by atoms with Gasteiger partial charge in [0, 0.05) is 19.3 Å². The van der Waals surface area contributed by atoms with Gasteiger partial charge in [-0.1, -0.05) is 351 Å². The van der Waals surface area contributed by atoms with Gasteiger partial charge >= 0.3 is 33.6 Å². The van der Waals surface area contributed by atoms with E-state index in [9.17, 15) is 43.5 Å². The summed E-state index contributed by atoms with van der Waals surface area (Å²) < 4.78 is 61.4. The quantitative estimate of drug-likeness (QED) is 0.0146. The maximum absolute atomic E-state index is 13.1. The SMILES string of the molecule is CC/C=C\C/C=C\C/C=C\C/C=C\C/C=C\CCCCCCCCCCCCCCCCCC(=O)OCC(O)COP(=O)(O)OCC(O)COP(=O)(O)OCC(COC(=O)CCCCCCCCC/C=C\C/C=C\C/C=C\C/C=C\C/C=C\CC)OC(=O)CCCCCCCCC/C=C\C/C=C\C/C=C\C/C=C\C/C=C\CC. The van der Waals surface area contributed by atoms with Gasteiger partial charge in [-0.2, -0.15) is 0 Å². The number of carbonyl (C=O) groups excluding carboxylic acids is 3. The van der Waals surface area contributed by atoms with Gasteiger partial charge in [0.25, 0.3) is 0 Å². The Hall–Kier alpha value is -5.35. The van der Waals surface area contributed by atoms with Crippen molar-refractivity contribution in [1.82, 2.24) is 0 Å². The summed E-state index contributed by atoms with van der Waals surface area (Å²) in [6, 6.07) is 0. The van der Waals surface area contributed by atoms with Crippen molar-refractivity contribution in [2.75, 3.05) is 39.6 Å². The van der Waals surface area contributed by atoms with E-state index in [0.29, 0.717) is 19.3 Å². The lowest BCUT2D eigenvalue weighted by Crippen LogP contribution is -2.30. The Morgan fingerprint density at radius 1 is 0.248 bits per heavy atom. The summed E-state index contributed by atoms with van der Waals surface area (Å²) >= 11 is 0. The number of carbonyl (C=O) groups is 3. The number of phosphoric ester groups is 2. The molecule has 0 saturated heterocycles. The highest BCUT2D eigenvalue weighted by atomic mass is 31.2. The predicted molar refractivity (Wildman–Crippen MR) is 472 cm³/mol. The molecule has 16 nitrogen and oxygen atoms in total. The minimum absolute atomic E-state index is 0.0826. The molecule has 0 rings (SSSR count). The zero-order chi connectivity index (χ0) is 82.2. The maximum atomic E-state index is 13.1. The first-order chi connectivity index (χ1) is 55.2. The normalized spacial score (nSPS) is 14.7. The lowest BCUT2D eigenvalue weighted by Gasteiger charge is -2.21. The molecule has 0 saturated carbocycles. The van der Waals surface area contributed by atoms with E-state index >= 15 is 0 Å². The Morgan fingerprint density at radius 2 is 0.442 bits per heavy atom. The number of aliphatic hydroxyl groups is 2. The largest absolute Gasteiger partial charge is 0.472 e. The van der Waals surface area contributed by atoms with Crippen molar-refractivity contribution in [2.24, 2.45) is 0 Å². The number of hydrogen-bond acceptors (Lipinski definition) is 14. The summed E-state index contributed by atoms with van der Waals surface area (Å²) in [5.74, 6) is -1.60. The van der Waals surface area contributed by atoms with Crippen LogP contribution in [0.4, 0.5) is 0 Å². The number of rotatable bonds is 82. The molecule has 0 radical (unpaired) electrons. The standard InChI is InChI=1S/C95H158O16P2/c1-4-7-10-13-16-19-22-25-28-31-34-37-40-41-42-43-44-45-46-47-50-52-54-57-60-63-66-69-72-75-78-81-93(98)105-84-90(96)85-107-112(101,102)108-86-91(97)87-109-113(103,104)110-89-92(111-95(100)83-80-77-74-71-68-65-62-59-56-53-49-39-36-33-30-27-24-21-18-15-12-9-6-3)88-106-94(99)82-79-76-73-70-67-64-61-58-55-51-48-38-35-32-29-26-23-20-17-14-11-8-5-2/h7-12,16-21,25-30,34-39,41-42,51,53,55-56,90-92,96-97H,4-6,13-15,22-24,31-33,40,43-50,52,54,57-89H2,1-3H3,(H,101,102)(H,103,104)/b10-7-,11-8-,12-9-,19-16-,20-17-,21-18-,28-25-,29-26-,30-27-,37-34-,38-35-,39-36-,42-41-,55-51-,56-53-. The number of hydrogen-bond donors (Lipinski definition) is 4. The Labute approximate surface area is 687 Å². The lowest BCUT2D eigenvalue weighted by molar-refractivity contribution is -0.161. The summed E-state index contributed by atoms with van der Waals surface area (Å²) in [6.45, 7) is 2.34. The molecule has 0 aliphatic carbocycles. The zero-order valence-corrected chi connectivity index (χ0v) is 72.5. The average Bonchev–Trinajstić information content (AvgIpc) is 0.903. The monoisotopic (exact) mass is 1620 g/mol. The summed E-state index contributed by atoms with van der Waals surface area (Å²) in [5, 5.41) is 20.7. The molecule has 644 valence electrons. The molecule has 113 heavy (non-hydrogen) atoms. The Morgan fingerprint density at radius 3 is 0.699 bits per heavy atom. The predicted octanol–water partition coefficient (Wildman–Crippen LogP) is 26.9. The smallest absolute Gasteiger partial charge is 0.463 e. The third-order valence-corrected chi connectivity index (χ3v) is 20.0. The van der Waals surface area contributed by atoms with Gasteiger partial charge in [0.15, 0.2) is 6.10 Å². The van der Waals surface area contributed by atoms with Crippen molar-refractivity contribution < 1.29 is 75.8 Å². The van der Waals surface area contributed by atoms with E-state index in [1.807, 2.05) is 0 Å². The summed E-state index contributed by atoms with van der Waals surface area (Å²) in [5.41, 5.74) is 0. The summed E-state index contributed by atoms with van der Waals surface area (Å²) in [6.07, 6.45) is 112. The fraction of sp³-hybridized carbons (Fsp3) is 0.653. The minimum atomic E-state index is -4.95. The molecule has 0 bridgehead atoms. The van der Waals surface area contributed by atoms with E-state index in [1.165, 1.54) is 77.0 Å². The van der Waals surface area contributed by atoms with Crippen LogP contribution in [0.3, 0.4) is 0 Å². The van der Waals surface area contributed by atoms with Crippen molar-refractivity contribution >= 4 is 33.6 Å². The van der Waals surface area contributed by atoms with Gasteiger partial charge in [-0.05, 0) is 154 Å². The first kappa shape index (κ1) is 108. The van der Waals surface area contributed by atoms with Crippen molar-refractivity contribution in [3.8, 4) is 0 Å². The van der Waals surface area contributed by atoms with Crippen molar-refractivity contribution in [1.29, 1.82) is 0 Å². The molecule has 0 spiro atoms. The molecule has 0 fully saturated rings. The second kappa shape index (κ2) is 86.0. The van der Waals surface area contributed by atoms with Crippen LogP contribution in [0.1, 0.15) is 342 Å². The molecule has 0 aliphatic rings. The van der Waals surface area contributed by atoms with Crippen LogP contribution in [0.2, 0.25) is 0 Å². The molecule has 5 atom stereocenters. The van der Waals surface area contributed by atoms with E-state index in [-0.39, 0.29) is 19.3 Å². The molecule has 0 heterocycles. The molecule has 18 heteroatoms. The van der Waals surface area contributed by atoms with Gasteiger partial charge in [-0.3, -0.25) is 32.5 Å². The van der Waals surface area contributed by atoms with Crippen LogP contribution in [0.25, 0.3) is 0 Å². The summed E-state index contributed by atoms with van der Waals surface area (Å²) in [4.78, 5) is 58.9. The van der Waals surface area contributed by atoms with Crippen LogP contribution < -0.4 is 0 Å². The maximum Gasteiger partial charge on any atom is 0.472 e. The highest BCUT2D eigenvalue weighted by Crippen LogP contribution is 2.45. The Bertz CT molecular complexity index is 2780. The number of phosphoric acid groups is 2. The van der Waals surface area contributed by atoms with Crippen molar-refractivity contribution in [2.45, 2.75) is 360 Å². The van der Waals surface area contributed by atoms with Crippen LogP contribution in [0.15, 0.2) is 182 Å². The fourth-order valence-corrected chi connectivity index (χ4v) is 13.1. The Balaban J connectivity index is 4.62. The lowest BCUT2D eigenvalue weighted by atomic mass is 10.0. The number of aliphatic hydroxyl groups excluding tert-OH is 2. The first-order valence-corrected chi connectivity index (χ1v) is 47.1. The number of esters is 3. The van der Waals surface area contributed by atoms with E-state index in [2.05, 4.69) is 203 Å². The van der Waals surface area contributed by atoms with Crippen LogP contribution in [0.5, 0.6) is 0 Å². The average molecular weight is 1620 g/mol. The van der Waals surface area contributed by atoms with Gasteiger partial charge < -0.3 is 34.2 Å². The van der Waals surface area contributed by atoms with Crippen molar-refractivity contribution in [3.63, 3.8) is 0 Å². The molecule has 0 aromatic heterocycles. The van der Waals surface area contributed by atoms with Gasteiger partial charge in [0.05, 0.1) is 26.4 Å². The second-order valence-electron chi connectivity index (χ2n) is 28.9.